The quantitative estimate of drug-likeness (QED) is 0.773. The van der Waals surface area contributed by atoms with Crippen LogP contribution < -0.4 is 0 Å². The predicted octanol–water partition coefficient (Wildman–Crippen LogP) is 0.0331. The Balaban J connectivity index is 1.27. The van der Waals surface area contributed by atoms with Crippen molar-refractivity contribution in [2.45, 2.75) is 38.8 Å². The number of piperazine rings is 1. The third kappa shape index (κ3) is 3.15. The summed E-state index contributed by atoms with van der Waals surface area (Å²) in [4.78, 5) is 35.0. The SMILES string of the molecule is Cc1nc(CN2CCN(C(=O)C3CC(=O)N(C4CC4)C3)CC2)no1. The van der Waals surface area contributed by atoms with Crippen LogP contribution in [-0.4, -0.2) is 75.4 Å². The fraction of sp³-hybridized carbons (Fsp3) is 0.750. The molecule has 3 fully saturated rings. The topological polar surface area (TPSA) is 82.8 Å². The van der Waals surface area contributed by atoms with Crippen LogP contribution in [-0.2, 0) is 16.1 Å². The molecule has 0 spiro atoms. The zero-order valence-electron chi connectivity index (χ0n) is 14.0. The van der Waals surface area contributed by atoms with Gasteiger partial charge in [-0.15, -0.1) is 0 Å². The number of rotatable bonds is 4. The van der Waals surface area contributed by atoms with Crippen LogP contribution >= 0.6 is 0 Å². The molecule has 0 aromatic carbocycles. The smallest absolute Gasteiger partial charge is 0.228 e. The number of nitrogens with zero attached hydrogens (tertiary/aromatic N) is 5. The molecule has 0 N–H and O–H groups in total. The molecule has 3 heterocycles. The van der Waals surface area contributed by atoms with E-state index in [0.29, 0.717) is 50.4 Å². The fourth-order valence-corrected chi connectivity index (χ4v) is 3.63. The molecule has 1 aromatic rings. The minimum atomic E-state index is -0.149. The summed E-state index contributed by atoms with van der Waals surface area (Å²) in [7, 11) is 0. The van der Waals surface area contributed by atoms with Gasteiger partial charge in [-0.3, -0.25) is 14.5 Å². The van der Waals surface area contributed by atoms with Gasteiger partial charge < -0.3 is 14.3 Å². The van der Waals surface area contributed by atoms with Crippen molar-refractivity contribution < 1.29 is 14.1 Å². The van der Waals surface area contributed by atoms with Crippen molar-refractivity contribution in [2.75, 3.05) is 32.7 Å². The van der Waals surface area contributed by atoms with Gasteiger partial charge in [-0.05, 0) is 12.8 Å². The third-order valence-corrected chi connectivity index (χ3v) is 5.11. The van der Waals surface area contributed by atoms with Gasteiger partial charge in [-0.1, -0.05) is 5.16 Å². The molecule has 2 aliphatic heterocycles. The van der Waals surface area contributed by atoms with Crippen LogP contribution in [0.3, 0.4) is 0 Å². The fourth-order valence-electron chi connectivity index (χ4n) is 3.63. The van der Waals surface area contributed by atoms with Gasteiger partial charge in [-0.25, -0.2) is 0 Å². The molecule has 8 nitrogen and oxygen atoms in total. The third-order valence-electron chi connectivity index (χ3n) is 5.11. The lowest BCUT2D eigenvalue weighted by molar-refractivity contribution is -0.137. The molecule has 1 unspecified atom stereocenters. The first-order valence-electron chi connectivity index (χ1n) is 8.70. The predicted molar refractivity (Wildman–Crippen MR) is 83.7 cm³/mol. The Hall–Kier alpha value is -1.96. The van der Waals surface area contributed by atoms with E-state index in [2.05, 4.69) is 15.0 Å². The van der Waals surface area contributed by atoms with Crippen molar-refractivity contribution in [2.24, 2.45) is 5.92 Å². The van der Waals surface area contributed by atoms with E-state index in [4.69, 9.17) is 4.52 Å². The van der Waals surface area contributed by atoms with Crippen molar-refractivity contribution in [3.8, 4) is 0 Å². The second-order valence-corrected chi connectivity index (χ2v) is 7.01. The highest BCUT2D eigenvalue weighted by molar-refractivity contribution is 5.89. The first-order chi connectivity index (χ1) is 11.6. The van der Waals surface area contributed by atoms with E-state index < -0.39 is 0 Å². The molecule has 0 radical (unpaired) electrons. The molecule has 1 aliphatic carbocycles. The standard InChI is InChI=1S/C16H23N5O3/c1-11-17-14(18-24-11)10-19-4-6-20(7-5-19)16(23)12-8-15(22)21(9-12)13-2-3-13/h12-13H,2-10H2,1H3. The Morgan fingerprint density at radius 3 is 2.62 bits per heavy atom. The molecule has 0 bridgehead atoms. The molecule has 1 aromatic heterocycles. The van der Waals surface area contributed by atoms with Gasteiger partial charge in [0, 0.05) is 52.1 Å². The number of likely N-dealkylation sites (tertiary alicyclic amines) is 1. The Morgan fingerprint density at radius 1 is 1.25 bits per heavy atom. The molecule has 3 aliphatic rings. The normalized spacial score (nSPS) is 25.5. The van der Waals surface area contributed by atoms with Gasteiger partial charge in [0.2, 0.25) is 17.7 Å². The highest BCUT2D eigenvalue weighted by atomic mass is 16.5. The molecule has 130 valence electrons. The van der Waals surface area contributed by atoms with Crippen LogP contribution in [0.1, 0.15) is 31.0 Å². The second-order valence-electron chi connectivity index (χ2n) is 7.01. The van der Waals surface area contributed by atoms with Gasteiger partial charge in [0.05, 0.1) is 12.5 Å². The minimum Gasteiger partial charge on any atom is -0.340 e. The molecule has 2 saturated heterocycles. The maximum Gasteiger partial charge on any atom is 0.228 e. The zero-order valence-corrected chi connectivity index (χ0v) is 14.0. The first-order valence-corrected chi connectivity index (χ1v) is 8.70. The molecule has 2 amide bonds. The summed E-state index contributed by atoms with van der Waals surface area (Å²) < 4.78 is 4.99. The zero-order chi connectivity index (χ0) is 16.7. The van der Waals surface area contributed by atoms with E-state index in [0.717, 1.165) is 25.9 Å². The number of hydrogen-bond acceptors (Lipinski definition) is 6. The van der Waals surface area contributed by atoms with Crippen molar-refractivity contribution >= 4 is 11.8 Å². The van der Waals surface area contributed by atoms with Crippen LogP contribution in [0.5, 0.6) is 0 Å². The molecule has 1 atom stereocenters. The monoisotopic (exact) mass is 333 g/mol. The summed E-state index contributed by atoms with van der Waals surface area (Å²) in [5.41, 5.74) is 0. The molecule has 4 rings (SSSR count). The van der Waals surface area contributed by atoms with Gasteiger partial charge in [0.1, 0.15) is 0 Å². The van der Waals surface area contributed by atoms with E-state index >= 15 is 0 Å². The largest absolute Gasteiger partial charge is 0.340 e. The van der Waals surface area contributed by atoms with Crippen molar-refractivity contribution in [3.63, 3.8) is 0 Å². The Morgan fingerprint density at radius 2 is 2.00 bits per heavy atom. The first kappa shape index (κ1) is 15.6. The van der Waals surface area contributed by atoms with Crippen molar-refractivity contribution in [1.82, 2.24) is 24.8 Å². The molecule has 1 saturated carbocycles. The maximum atomic E-state index is 12.7. The van der Waals surface area contributed by atoms with Crippen LogP contribution in [0.15, 0.2) is 4.52 Å². The lowest BCUT2D eigenvalue weighted by atomic mass is 10.1. The van der Waals surface area contributed by atoms with Crippen molar-refractivity contribution in [3.05, 3.63) is 11.7 Å². The highest BCUT2D eigenvalue weighted by Gasteiger charge is 2.43. The van der Waals surface area contributed by atoms with Crippen molar-refractivity contribution in [1.29, 1.82) is 0 Å². The van der Waals surface area contributed by atoms with Gasteiger partial charge in [0.25, 0.3) is 0 Å². The molecule has 24 heavy (non-hydrogen) atoms. The molecule has 8 heteroatoms. The summed E-state index contributed by atoms with van der Waals surface area (Å²) in [6.07, 6.45) is 2.58. The van der Waals surface area contributed by atoms with Gasteiger partial charge in [0.15, 0.2) is 5.82 Å². The number of carbonyl (C=O) groups excluding carboxylic acids is 2. The van der Waals surface area contributed by atoms with E-state index in [1.54, 1.807) is 6.92 Å². The number of carbonyl (C=O) groups is 2. The van der Waals surface area contributed by atoms with Gasteiger partial charge >= 0.3 is 0 Å². The average molecular weight is 333 g/mol. The van der Waals surface area contributed by atoms with Crippen LogP contribution in [0, 0.1) is 12.8 Å². The summed E-state index contributed by atoms with van der Waals surface area (Å²) >= 11 is 0. The Bertz CT molecular complexity index is 633. The summed E-state index contributed by atoms with van der Waals surface area (Å²) in [5.74, 6) is 1.41. The summed E-state index contributed by atoms with van der Waals surface area (Å²) in [5, 5.41) is 3.91. The summed E-state index contributed by atoms with van der Waals surface area (Å²) in [6, 6.07) is 0.408. The highest BCUT2D eigenvalue weighted by Crippen LogP contribution is 2.33. The Kier molecular flexibility index (Phi) is 3.99. The lowest BCUT2D eigenvalue weighted by Crippen LogP contribution is -2.50. The van der Waals surface area contributed by atoms with Crippen LogP contribution in [0.4, 0.5) is 0 Å². The number of hydrogen-bond donors (Lipinski definition) is 0. The molecular weight excluding hydrogens is 310 g/mol. The minimum absolute atomic E-state index is 0.140. The van der Waals surface area contributed by atoms with Gasteiger partial charge in [-0.2, -0.15) is 4.98 Å². The summed E-state index contributed by atoms with van der Waals surface area (Å²) in [6.45, 7) is 6.04. The average Bonchev–Trinajstić information content (AvgIpc) is 3.23. The number of amides is 2. The van der Waals surface area contributed by atoms with Crippen LogP contribution in [0.25, 0.3) is 0 Å². The van der Waals surface area contributed by atoms with E-state index in [1.165, 1.54) is 0 Å². The van der Waals surface area contributed by atoms with E-state index in [-0.39, 0.29) is 17.7 Å². The second kappa shape index (κ2) is 6.16. The van der Waals surface area contributed by atoms with E-state index in [9.17, 15) is 9.59 Å². The number of aryl methyl sites for hydroxylation is 1. The van der Waals surface area contributed by atoms with Crippen LogP contribution in [0.2, 0.25) is 0 Å². The lowest BCUT2D eigenvalue weighted by Gasteiger charge is -2.35. The Labute approximate surface area is 140 Å². The number of aromatic nitrogens is 2. The van der Waals surface area contributed by atoms with E-state index in [1.807, 2.05) is 9.80 Å². The maximum absolute atomic E-state index is 12.7. The molecular formula is C16H23N5O3.